The molecule has 1 aromatic heterocycles. The number of esters is 1. The topological polar surface area (TPSA) is 88.3 Å². The van der Waals surface area contributed by atoms with Gasteiger partial charge in [-0.05, 0) is 6.92 Å². The molecule has 6 nitrogen and oxygen atoms in total. The van der Waals surface area contributed by atoms with Crippen molar-refractivity contribution in [3.8, 4) is 0 Å². The zero-order valence-corrected chi connectivity index (χ0v) is 8.94. The molecule has 0 bridgehead atoms. The molecule has 0 saturated heterocycles. The minimum absolute atomic E-state index is 0.0433. The van der Waals surface area contributed by atoms with Crippen LogP contribution in [0.3, 0.4) is 0 Å². The SMILES string of the molecule is COC(=O)C(C)NC(=O)c1c[nH]ccc1=O. The second kappa shape index (κ2) is 5.11. The van der Waals surface area contributed by atoms with E-state index in [1.165, 1.54) is 32.5 Å². The molecule has 1 aromatic rings. The van der Waals surface area contributed by atoms with Crippen LogP contribution in [0.4, 0.5) is 0 Å². The number of methoxy groups -OCH3 is 1. The molecule has 1 atom stereocenters. The molecule has 6 heteroatoms. The Bertz CT molecular complexity index is 452. The molecule has 0 aromatic carbocycles. The van der Waals surface area contributed by atoms with Gasteiger partial charge in [0.05, 0.1) is 7.11 Å². The molecule has 1 heterocycles. The van der Waals surface area contributed by atoms with Crippen molar-refractivity contribution in [3.05, 3.63) is 34.2 Å². The fraction of sp³-hybridized carbons (Fsp3) is 0.300. The molecule has 16 heavy (non-hydrogen) atoms. The van der Waals surface area contributed by atoms with Crippen molar-refractivity contribution in [1.82, 2.24) is 10.3 Å². The predicted octanol–water partition coefficient (Wildman–Crippen LogP) is -0.334. The number of aromatic amines is 1. The van der Waals surface area contributed by atoms with Gasteiger partial charge in [-0.25, -0.2) is 4.79 Å². The molecule has 1 amide bonds. The van der Waals surface area contributed by atoms with Crippen molar-refractivity contribution in [1.29, 1.82) is 0 Å². The number of hydrogen-bond acceptors (Lipinski definition) is 4. The average molecular weight is 224 g/mol. The van der Waals surface area contributed by atoms with Crippen LogP contribution in [0.5, 0.6) is 0 Å². The van der Waals surface area contributed by atoms with Crippen molar-refractivity contribution in [2.75, 3.05) is 7.11 Å². The second-order valence-corrected chi connectivity index (χ2v) is 3.14. The third-order valence-electron chi connectivity index (χ3n) is 1.97. The average Bonchev–Trinajstić information content (AvgIpc) is 2.28. The standard InChI is InChI=1S/C10H12N2O4/c1-6(10(15)16-2)12-9(14)7-5-11-4-3-8(7)13/h3-6H,1-2H3,(H,11,13)(H,12,14). The number of rotatable bonds is 3. The summed E-state index contributed by atoms with van der Waals surface area (Å²) in [6.45, 7) is 1.47. The summed E-state index contributed by atoms with van der Waals surface area (Å²) in [5.41, 5.74) is -0.452. The Labute approximate surface area is 91.6 Å². The monoisotopic (exact) mass is 224 g/mol. The maximum Gasteiger partial charge on any atom is 0.328 e. The van der Waals surface area contributed by atoms with Crippen molar-refractivity contribution in [3.63, 3.8) is 0 Å². The first-order valence-corrected chi connectivity index (χ1v) is 4.62. The first kappa shape index (κ1) is 12.0. The van der Waals surface area contributed by atoms with E-state index in [2.05, 4.69) is 15.0 Å². The van der Waals surface area contributed by atoms with Gasteiger partial charge in [0, 0.05) is 18.5 Å². The number of pyridine rings is 1. The van der Waals surface area contributed by atoms with Gasteiger partial charge in [-0.15, -0.1) is 0 Å². The van der Waals surface area contributed by atoms with Gasteiger partial charge in [0.2, 0.25) is 0 Å². The van der Waals surface area contributed by atoms with Crippen LogP contribution in [0, 0.1) is 0 Å². The van der Waals surface area contributed by atoms with Gasteiger partial charge in [0.25, 0.3) is 5.91 Å². The van der Waals surface area contributed by atoms with E-state index in [1.807, 2.05) is 0 Å². The largest absolute Gasteiger partial charge is 0.467 e. The van der Waals surface area contributed by atoms with Crippen LogP contribution < -0.4 is 10.7 Å². The number of H-pyrrole nitrogens is 1. The van der Waals surface area contributed by atoms with Crippen LogP contribution in [0.15, 0.2) is 23.3 Å². The lowest BCUT2D eigenvalue weighted by atomic mass is 10.2. The number of ether oxygens (including phenoxy) is 1. The van der Waals surface area contributed by atoms with Gasteiger partial charge in [-0.1, -0.05) is 0 Å². The number of nitrogens with one attached hydrogen (secondary N) is 2. The van der Waals surface area contributed by atoms with Gasteiger partial charge in [0.1, 0.15) is 11.6 Å². The molecule has 1 unspecified atom stereocenters. The minimum atomic E-state index is -0.794. The molecule has 1 rings (SSSR count). The Kier molecular flexibility index (Phi) is 3.82. The predicted molar refractivity (Wildman–Crippen MR) is 56.0 cm³/mol. The van der Waals surface area contributed by atoms with Gasteiger partial charge in [0.15, 0.2) is 5.43 Å². The lowest BCUT2D eigenvalue weighted by Gasteiger charge is -2.10. The van der Waals surface area contributed by atoms with E-state index in [0.717, 1.165) is 0 Å². The van der Waals surface area contributed by atoms with Crippen LogP contribution in [-0.2, 0) is 9.53 Å². The Morgan fingerprint density at radius 1 is 1.50 bits per heavy atom. The molecule has 0 aliphatic carbocycles. The number of amides is 1. The van der Waals surface area contributed by atoms with E-state index in [9.17, 15) is 14.4 Å². The first-order valence-electron chi connectivity index (χ1n) is 4.62. The molecule has 0 fully saturated rings. The first-order chi connectivity index (χ1) is 7.56. The Morgan fingerprint density at radius 2 is 2.19 bits per heavy atom. The molecule has 0 saturated carbocycles. The third-order valence-corrected chi connectivity index (χ3v) is 1.97. The van der Waals surface area contributed by atoms with Crippen LogP contribution >= 0.6 is 0 Å². The van der Waals surface area contributed by atoms with E-state index >= 15 is 0 Å². The van der Waals surface area contributed by atoms with E-state index in [0.29, 0.717) is 0 Å². The van der Waals surface area contributed by atoms with Crippen molar-refractivity contribution >= 4 is 11.9 Å². The lowest BCUT2D eigenvalue weighted by molar-refractivity contribution is -0.142. The molecule has 0 radical (unpaired) electrons. The van der Waals surface area contributed by atoms with E-state index in [4.69, 9.17) is 0 Å². The summed E-state index contributed by atoms with van der Waals surface area (Å²) in [6.07, 6.45) is 2.70. The van der Waals surface area contributed by atoms with Crippen LogP contribution in [0.25, 0.3) is 0 Å². The summed E-state index contributed by atoms with van der Waals surface area (Å²) in [4.78, 5) is 36.5. The Hall–Kier alpha value is -2.11. The molecule has 86 valence electrons. The zero-order valence-electron chi connectivity index (χ0n) is 8.94. The smallest absolute Gasteiger partial charge is 0.328 e. The van der Waals surface area contributed by atoms with Gasteiger partial charge >= 0.3 is 5.97 Å². The number of aromatic nitrogens is 1. The van der Waals surface area contributed by atoms with Crippen molar-refractivity contribution in [2.45, 2.75) is 13.0 Å². The van der Waals surface area contributed by atoms with Crippen LogP contribution in [0.1, 0.15) is 17.3 Å². The summed E-state index contributed by atoms with van der Waals surface area (Å²) < 4.78 is 4.44. The van der Waals surface area contributed by atoms with Crippen molar-refractivity contribution in [2.24, 2.45) is 0 Å². The maximum atomic E-state index is 11.6. The summed E-state index contributed by atoms with van der Waals surface area (Å²) in [5.74, 6) is -1.18. The third kappa shape index (κ3) is 2.69. The molecule has 0 aliphatic rings. The molecule has 0 aliphatic heterocycles. The Morgan fingerprint density at radius 3 is 2.75 bits per heavy atom. The summed E-state index contributed by atoms with van der Waals surface area (Å²) in [7, 11) is 1.22. The lowest BCUT2D eigenvalue weighted by Crippen LogP contribution is -2.40. The van der Waals surface area contributed by atoms with Crippen molar-refractivity contribution < 1.29 is 14.3 Å². The fourth-order valence-corrected chi connectivity index (χ4v) is 1.10. The zero-order chi connectivity index (χ0) is 12.1. The normalized spacial score (nSPS) is 11.6. The number of hydrogen-bond donors (Lipinski definition) is 2. The highest BCUT2D eigenvalue weighted by Gasteiger charge is 2.18. The summed E-state index contributed by atoms with van der Waals surface area (Å²) in [5, 5.41) is 2.35. The Balaban J connectivity index is 2.78. The number of carbonyl (C=O) groups excluding carboxylic acids is 2. The quantitative estimate of drug-likeness (QED) is 0.688. The van der Waals surface area contributed by atoms with Crippen LogP contribution in [-0.4, -0.2) is 30.0 Å². The highest BCUT2D eigenvalue weighted by molar-refractivity contribution is 5.96. The van der Waals surface area contributed by atoms with E-state index < -0.39 is 23.3 Å². The summed E-state index contributed by atoms with van der Waals surface area (Å²) in [6, 6.07) is 0.440. The van der Waals surface area contributed by atoms with Gasteiger partial charge in [-0.2, -0.15) is 0 Å². The van der Waals surface area contributed by atoms with Crippen LogP contribution in [0.2, 0.25) is 0 Å². The highest BCUT2D eigenvalue weighted by atomic mass is 16.5. The molecule has 2 N–H and O–H groups in total. The second-order valence-electron chi connectivity index (χ2n) is 3.14. The number of carbonyl (C=O) groups is 2. The van der Waals surface area contributed by atoms with E-state index in [-0.39, 0.29) is 5.56 Å². The van der Waals surface area contributed by atoms with E-state index in [1.54, 1.807) is 0 Å². The molecular formula is C10H12N2O4. The van der Waals surface area contributed by atoms with Gasteiger partial charge in [-0.3, -0.25) is 9.59 Å². The fourth-order valence-electron chi connectivity index (χ4n) is 1.10. The molecule has 0 spiro atoms. The minimum Gasteiger partial charge on any atom is -0.467 e. The van der Waals surface area contributed by atoms with Gasteiger partial charge < -0.3 is 15.0 Å². The molecular weight excluding hydrogens is 212 g/mol. The highest BCUT2D eigenvalue weighted by Crippen LogP contribution is 1.92. The maximum absolute atomic E-state index is 11.6. The summed E-state index contributed by atoms with van der Waals surface area (Å²) >= 11 is 0.